The van der Waals surface area contributed by atoms with Crippen LogP contribution >= 0.6 is 11.3 Å². The number of thiophene rings is 1. The van der Waals surface area contributed by atoms with Gasteiger partial charge in [-0.05, 0) is 105 Å². The van der Waals surface area contributed by atoms with E-state index < -0.39 is 0 Å². The molecule has 2 heterocycles. The van der Waals surface area contributed by atoms with Crippen molar-refractivity contribution in [3.8, 4) is 33.4 Å². The number of allylic oxidation sites excluding steroid dienone is 4. The molecule has 0 bridgehead atoms. The van der Waals surface area contributed by atoms with E-state index in [2.05, 4.69) is 179 Å². The van der Waals surface area contributed by atoms with Crippen LogP contribution in [-0.4, -0.2) is 0 Å². The van der Waals surface area contributed by atoms with Gasteiger partial charge in [-0.25, -0.2) is 0 Å². The van der Waals surface area contributed by atoms with Gasteiger partial charge in [-0.1, -0.05) is 123 Å². The van der Waals surface area contributed by atoms with Crippen molar-refractivity contribution in [2.75, 3.05) is 5.32 Å². The Kier molecular flexibility index (Phi) is 6.86. The molecule has 0 atom stereocenters. The fraction of sp³-hybridized carbons (Fsp3) is 0.106. The van der Waals surface area contributed by atoms with Crippen LogP contribution < -0.4 is 5.32 Å². The molecule has 0 fully saturated rings. The molecule has 9 rings (SSSR count). The molecule has 0 saturated carbocycles. The molecule has 1 aliphatic carbocycles. The zero-order valence-electron chi connectivity index (χ0n) is 28.3. The zero-order valence-corrected chi connectivity index (χ0v) is 29.1. The van der Waals surface area contributed by atoms with Gasteiger partial charge in [-0.3, -0.25) is 0 Å². The summed E-state index contributed by atoms with van der Waals surface area (Å²) >= 11 is 1.89. The van der Waals surface area contributed by atoms with Gasteiger partial charge in [0.05, 0.1) is 0 Å². The first kappa shape index (κ1) is 29.7. The van der Waals surface area contributed by atoms with Gasteiger partial charge in [0, 0.05) is 48.6 Å². The minimum absolute atomic E-state index is 0.0693. The van der Waals surface area contributed by atoms with Gasteiger partial charge in [0.2, 0.25) is 0 Å². The first-order valence-electron chi connectivity index (χ1n) is 17.1. The SMILES string of the molecule is CC1=C/C=C/Nc2cc3c(cc2-c2ccccc2C=C1c1c(C)cccc1-c1cccc2c1sc1ccccc12)-c1ccccc1C3(C)C. The summed E-state index contributed by atoms with van der Waals surface area (Å²) in [5.74, 6) is 0. The molecule has 0 spiro atoms. The Morgan fingerprint density at radius 2 is 1.31 bits per heavy atom. The van der Waals surface area contributed by atoms with Gasteiger partial charge in [0.15, 0.2) is 0 Å². The minimum atomic E-state index is -0.0693. The number of aryl methyl sites for hydroxylation is 1. The largest absolute Gasteiger partial charge is 0.361 e. The monoisotopic (exact) mass is 647 g/mol. The van der Waals surface area contributed by atoms with Crippen molar-refractivity contribution in [2.24, 2.45) is 0 Å². The van der Waals surface area contributed by atoms with Gasteiger partial charge in [0.25, 0.3) is 0 Å². The second-order valence-corrected chi connectivity index (χ2v) is 14.9. The van der Waals surface area contributed by atoms with E-state index in [9.17, 15) is 0 Å². The Balaban J connectivity index is 1.29. The number of rotatable bonds is 2. The van der Waals surface area contributed by atoms with Gasteiger partial charge < -0.3 is 5.32 Å². The highest BCUT2D eigenvalue weighted by molar-refractivity contribution is 7.26. The van der Waals surface area contributed by atoms with E-state index in [-0.39, 0.29) is 5.41 Å². The van der Waals surface area contributed by atoms with Crippen LogP contribution in [0.5, 0.6) is 0 Å². The summed E-state index contributed by atoms with van der Waals surface area (Å²) in [5.41, 5.74) is 17.7. The number of hydrogen-bond donors (Lipinski definition) is 1. The molecular formula is C47H37NS. The van der Waals surface area contributed by atoms with E-state index >= 15 is 0 Å². The summed E-state index contributed by atoms with van der Waals surface area (Å²) in [4.78, 5) is 0. The molecule has 1 aromatic heterocycles. The van der Waals surface area contributed by atoms with Crippen LogP contribution in [0.2, 0.25) is 0 Å². The second kappa shape index (κ2) is 11.3. The molecule has 7 aromatic rings. The molecular weight excluding hydrogens is 611 g/mol. The Hall–Kier alpha value is -5.44. The maximum absolute atomic E-state index is 3.71. The summed E-state index contributed by atoms with van der Waals surface area (Å²) in [6.45, 7) is 9.19. The molecule has 0 amide bonds. The van der Waals surface area contributed by atoms with Crippen LogP contribution in [0.1, 0.15) is 48.6 Å². The summed E-state index contributed by atoms with van der Waals surface area (Å²) in [6.07, 6.45) is 8.91. The maximum atomic E-state index is 3.71. The lowest BCUT2D eigenvalue weighted by Gasteiger charge is -2.23. The quantitative estimate of drug-likeness (QED) is 0.197. The van der Waals surface area contributed by atoms with E-state index in [1.54, 1.807) is 0 Å². The molecule has 1 aliphatic heterocycles. The average molecular weight is 648 g/mol. The second-order valence-electron chi connectivity index (χ2n) is 13.9. The lowest BCUT2D eigenvalue weighted by atomic mass is 9.81. The number of hydrogen-bond acceptors (Lipinski definition) is 2. The Morgan fingerprint density at radius 3 is 2.20 bits per heavy atom. The van der Waals surface area contributed by atoms with Crippen molar-refractivity contribution >= 4 is 48.8 Å². The van der Waals surface area contributed by atoms with Crippen LogP contribution in [0, 0.1) is 6.92 Å². The van der Waals surface area contributed by atoms with Gasteiger partial charge in [0.1, 0.15) is 0 Å². The first-order chi connectivity index (χ1) is 23.9. The molecule has 1 nitrogen and oxygen atoms in total. The summed E-state index contributed by atoms with van der Waals surface area (Å²) in [5, 5.41) is 6.35. The molecule has 236 valence electrons. The number of fused-ring (bicyclic) bond motifs is 9. The molecule has 2 heteroatoms. The van der Waals surface area contributed by atoms with E-state index in [0.717, 1.165) is 5.69 Å². The molecule has 0 radical (unpaired) electrons. The van der Waals surface area contributed by atoms with Crippen LogP contribution in [0.3, 0.4) is 0 Å². The minimum Gasteiger partial charge on any atom is -0.361 e. The molecule has 0 unspecified atom stereocenters. The summed E-state index contributed by atoms with van der Waals surface area (Å²) in [6, 6.07) is 44.9. The smallest absolute Gasteiger partial charge is 0.0463 e. The molecule has 0 saturated heterocycles. The van der Waals surface area contributed by atoms with Crippen molar-refractivity contribution in [1.82, 2.24) is 0 Å². The highest BCUT2D eigenvalue weighted by Gasteiger charge is 2.36. The lowest BCUT2D eigenvalue weighted by Crippen LogP contribution is -2.15. The third-order valence-electron chi connectivity index (χ3n) is 10.6. The zero-order chi connectivity index (χ0) is 33.3. The van der Waals surface area contributed by atoms with E-state index in [0.29, 0.717) is 0 Å². The fourth-order valence-corrected chi connectivity index (χ4v) is 9.36. The number of anilines is 1. The van der Waals surface area contributed by atoms with Crippen molar-refractivity contribution in [3.05, 3.63) is 173 Å². The summed E-state index contributed by atoms with van der Waals surface area (Å²) in [7, 11) is 0. The normalized spacial score (nSPS) is 15.3. The molecule has 49 heavy (non-hydrogen) atoms. The average Bonchev–Trinajstić information content (AvgIpc) is 3.60. The highest BCUT2D eigenvalue weighted by atomic mass is 32.1. The third-order valence-corrected chi connectivity index (χ3v) is 11.8. The standard InChI is InChI=1S/C47H37NS/c1-29-15-13-25-48-43-28-42-39(33-18-7-9-23-41(33)47(42,3)4)27-40(43)32-17-6-5-16-31(32)26-38(29)45-30(2)14-11-20-35(45)37-22-12-21-36-34-19-8-10-24-44(34)49-46(36)37/h5-28,48H,1-4H3/b25-13+,29-15?,38-26?. The highest BCUT2D eigenvalue weighted by Crippen LogP contribution is 2.52. The van der Waals surface area contributed by atoms with Crippen molar-refractivity contribution in [1.29, 1.82) is 0 Å². The van der Waals surface area contributed by atoms with Crippen LogP contribution in [-0.2, 0) is 5.41 Å². The first-order valence-corrected chi connectivity index (χ1v) is 17.9. The van der Waals surface area contributed by atoms with E-state index in [1.165, 1.54) is 92.5 Å². The lowest BCUT2D eigenvalue weighted by molar-refractivity contribution is 0.660. The number of nitrogens with one attached hydrogen (secondary N) is 1. The predicted octanol–water partition coefficient (Wildman–Crippen LogP) is 13.4. The van der Waals surface area contributed by atoms with Crippen LogP contribution in [0.4, 0.5) is 5.69 Å². The Labute approximate surface area is 292 Å². The van der Waals surface area contributed by atoms with Crippen molar-refractivity contribution in [2.45, 2.75) is 33.1 Å². The topological polar surface area (TPSA) is 12.0 Å². The van der Waals surface area contributed by atoms with E-state index in [1.807, 2.05) is 11.3 Å². The predicted molar refractivity (Wildman–Crippen MR) is 213 cm³/mol. The van der Waals surface area contributed by atoms with Crippen LogP contribution in [0.25, 0.3) is 65.2 Å². The van der Waals surface area contributed by atoms with Crippen LogP contribution in [0.15, 0.2) is 145 Å². The third kappa shape index (κ3) is 4.66. The van der Waals surface area contributed by atoms with Gasteiger partial charge in [-0.2, -0.15) is 0 Å². The molecule has 1 N–H and O–H groups in total. The summed E-state index contributed by atoms with van der Waals surface area (Å²) < 4.78 is 2.66. The Bertz CT molecular complexity index is 2570. The Morgan fingerprint density at radius 1 is 0.592 bits per heavy atom. The van der Waals surface area contributed by atoms with E-state index in [4.69, 9.17) is 0 Å². The van der Waals surface area contributed by atoms with Crippen molar-refractivity contribution < 1.29 is 0 Å². The molecule has 2 aliphatic rings. The fourth-order valence-electron chi connectivity index (χ4n) is 8.13. The van der Waals surface area contributed by atoms with Gasteiger partial charge in [-0.15, -0.1) is 11.3 Å². The van der Waals surface area contributed by atoms with Gasteiger partial charge >= 0.3 is 0 Å². The molecule has 6 aromatic carbocycles. The maximum Gasteiger partial charge on any atom is 0.0463 e. The van der Waals surface area contributed by atoms with Crippen molar-refractivity contribution in [3.63, 3.8) is 0 Å². The number of benzene rings is 6.